The Labute approximate surface area is 794 Å². The molecule has 10 aromatic heterocycles. The molecule has 18 aromatic carbocycles. The molecule has 0 aliphatic heterocycles. The molecule has 0 unspecified atom stereocenters. The minimum Gasteiger partial charge on any atom is -0.309 e. The third-order valence-corrected chi connectivity index (χ3v) is 27.1. The first-order chi connectivity index (χ1) is 68.5. The number of rotatable bonds is 13. The van der Waals surface area contributed by atoms with E-state index in [2.05, 4.69) is 507 Å². The van der Waals surface area contributed by atoms with Crippen molar-refractivity contribution in [2.75, 3.05) is 0 Å². The molecule has 0 spiro atoms. The molecule has 0 aliphatic rings. The third kappa shape index (κ3) is 13.7. The van der Waals surface area contributed by atoms with E-state index in [1.54, 1.807) is 0 Å². The highest BCUT2D eigenvalue weighted by Gasteiger charge is 2.26. The van der Waals surface area contributed by atoms with E-state index in [0.717, 1.165) is 151 Å². The van der Waals surface area contributed by atoms with Crippen LogP contribution in [0.2, 0.25) is 0 Å². The largest absolute Gasteiger partial charge is 0.309 e. The van der Waals surface area contributed by atoms with Gasteiger partial charge < -0.3 is 27.4 Å². The highest BCUT2D eigenvalue weighted by Crippen LogP contribution is 2.46. The lowest BCUT2D eigenvalue weighted by Gasteiger charge is -2.14. The highest BCUT2D eigenvalue weighted by atomic mass is 15.1. The molecule has 0 saturated heterocycles. The molecule has 10 heterocycles. The summed E-state index contributed by atoms with van der Waals surface area (Å²) >= 11 is 0. The van der Waals surface area contributed by atoms with Gasteiger partial charge in [0, 0.05) is 132 Å². The Balaban J connectivity index is 0.000000107. The van der Waals surface area contributed by atoms with Crippen LogP contribution in [0.5, 0.6) is 0 Å². The Hall–Kier alpha value is -18.7. The number of benzene rings is 18. The molecule has 0 saturated carbocycles. The summed E-state index contributed by atoms with van der Waals surface area (Å²) in [6, 6.07) is 174. The maximum Gasteiger partial charge on any atom is 0.159 e. The molecular weight excluding hydrogens is 1680 g/mol. The van der Waals surface area contributed by atoms with Gasteiger partial charge in [-0.1, -0.05) is 346 Å². The summed E-state index contributed by atoms with van der Waals surface area (Å²) in [5, 5.41) is 14.7. The monoisotopic (exact) mass is 1760 g/mol. The second kappa shape index (κ2) is 33.8. The maximum atomic E-state index is 5.32. The lowest BCUT2D eigenvalue weighted by molar-refractivity contribution is 1.08. The number of aromatic nitrogens is 11. The Bertz CT molecular complexity index is 9000. The number of para-hydroxylation sites is 9. The second-order valence-corrected chi connectivity index (χ2v) is 35.0. The van der Waals surface area contributed by atoms with Crippen molar-refractivity contribution >= 4 is 131 Å². The smallest absolute Gasteiger partial charge is 0.159 e. The fraction of sp³-hybridized carbons (Fsp3) is 0. The first-order valence-electron chi connectivity index (χ1n) is 46.8. The van der Waals surface area contributed by atoms with Gasteiger partial charge in [0.25, 0.3) is 0 Å². The summed E-state index contributed by atoms with van der Waals surface area (Å²) in [7, 11) is 0. The van der Waals surface area contributed by atoms with Gasteiger partial charge >= 0.3 is 0 Å². The highest BCUT2D eigenvalue weighted by molar-refractivity contribution is 6.18. The van der Waals surface area contributed by atoms with Crippen LogP contribution in [0.15, 0.2) is 504 Å². The third-order valence-electron chi connectivity index (χ3n) is 27.1. The molecule has 28 rings (SSSR count). The van der Waals surface area contributed by atoms with E-state index in [0.29, 0.717) is 5.82 Å². The normalized spacial score (nSPS) is 11.6. The van der Waals surface area contributed by atoms with E-state index in [-0.39, 0.29) is 0 Å². The number of nitrogens with zero attached hydrogens (tertiary/aromatic N) is 11. The van der Waals surface area contributed by atoms with Crippen LogP contribution in [0.3, 0.4) is 0 Å². The summed E-state index contributed by atoms with van der Waals surface area (Å²) < 4.78 is 14.1. The molecule has 28 aromatic rings. The van der Waals surface area contributed by atoms with Crippen molar-refractivity contribution in [2.45, 2.75) is 0 Å². The SMILES string of the molecule is c1ccc(-c2cc3c4ccccc4n(-c4ccc(-n5c6ccccc6c6ccccc65)cc4)c3c(-c3ccccc3)n2)cc1.c1ccc(-c2cc3c4ccccc4n(-c4ccc(-n5c6ccccc6c6ccccc65)cc4)c3c(-c3ccccc3)n2)cc1.c1ccc(-c2cc3c4ccccc4n(-c4cnc(-c5ccc(-n6c7ccccc7c7ccccc76)cc5)nc4)c3c(-c3ccccc3)n2)cc1. The molecule has 0 radical (unpaired) electrons. The summed E-state index contributed by atoms with van der Waals surface area (Å²) in [6.07, 6.45) is 3.85. The van der Waals surface area contributed by atoms with Crippen molar-refractivity contribution < 1.29 is 0 Å². The van der Waals surface area contributed by atoms with Gasteiger partial charge in [-0.25, -0.2) is 24.9 Å². The molecule has 0 atom stereocenters. The minimum atomic E-state index is 0.677. The summed E-state index contributed by atoms with van der Waals surface area (Å²) in [5.74, 6) is 0.677. The van der Waals surface area contributed by atoms with Gasteiger partial charge in [-0.15, -0.1) is 0 Å². The van der Waals surface area contributed by atoms with Crippen LogP contribution in [0, 0.1) is 0 Å². The molecule has 0 aliphatic carbocycles. The Kier molecular flexibility index (Phi) is 19.7. The van der Waals surface area contributed by atoms with Crippen molar-refractivity contribution in [1.82, 2.24) is 52.3 Å². The lowest BCUT2D eigenvalue weighted by atomic mass is 10.0. The summed E-state index contributed by atoms with van der Waals surface area (Å²) in [6.45, 7) is 0. The second-order valence-electron chi connectivity index (χ2n) is 35.0. The topological polar surface area (TPSA) is 94.0 Å². The molecule has 0 N–H and O–H groups in total. The average Bonchev–Trinajstić information content (AvgIpc) is 1.57. The Morgan fingerprint density at radius 2 is 0.319 bits per heavy atom. The number of hydrogen-bond acceptors (Lipinski definition) is 5. The lowest BCUT2D eigenvalue weighted by Crippen LogP contribution is -2.00. The van der Waals surface area contributed by atoms with Crippen LogP contribution >= 0.6 is 0 Å². The average molecular weight is 1760 g/mol. The zero-order valence-corrected chi connectivity index (χ0v) is 74.8. The number of hydrogen-bond donors (Lipinski definition) is 0. The first kappa shape index (κ1) is 80.2. The van der Waals surface area contributed by atoms with Gasteiger partial charge in [-0.3, -0.25) is 0 Å². The molecule has 646 valence electrons. The van der Waals surface area contributed by atoms with Gasteiger partial charge in [0.05, 0.1) is 118 Å². The molecule has 0 fully saturated rings. The van der Waals surface area contributed by atoms with Crippen LogP contribution in [-0.2, 0) is 0 Å². The van der Waals surface area contributed by atoms with E-state index in [9.17, 15) is 0 Å². The van der Waals surface area contributed by atoms with Crippen molar-refractivity contribution in [1.29, 1.82) is 0 Å². The zero-order valence-electron chi connectivity index (χ0n) is 74.8. The molecular formula is C127H83N11. The number of fused-ring (bicyclic) bond motifs is 18. The fourth-order valence-corrected chi connectivity index (χ4v) is 20.9. The van der Waals surface area contributed by atoms with Crippen LogP contribution in [0.1, 0.15) is 0 Å². The van der Waals surface area contributed by atoms with Crippen molar-refractivity contribution in [2.24, 2.45) is 0 Å². The summed E-state index contributed by atoms with van der Waals surface area (Å²) in [4.78, 5) is 25.8. The van der Waals surface area contributed by atoms with E-state index in [4.69, 9.17) is 24.9 Å². The van der Waals surface area contributed by atoms with E-state index < -0.39 is 0 Å². The summed E-state index contributed by atoms with van der Waals surface area (Å²) in [5.41, 5.74) is 33.6. The van der Waals surface area contributed by atoms with Crippen molar-refractivity contribution in [3.05, 3.63) is 504 Å². The predicted molar refractivity (Wildman–Crippen MR) is 572 cm³/mol. The van der Waals surface area contributed by atoms with E-state index >= 15 is 0 Å². The molecule has 138 heavy (non-hydrogen) atoms. The fourth-order valence-electron chi connectivity index (χ4n) is 20.9. The van der Waals surface area contributed by atoms with Gasteiger partial charge in [0.1, 0.15) is 0 Å². The Morgan fingerprint density at radius 3 is 0.558 bits per heavy atom. The van der Waals surface area contributed by atoms with Crippen molar-refractivity contribution in [3.63, 3.8) is 0 Å². The standard InChI is InChI=1S/C45H29N5.2C41H27N3/c1-3-13-30(14-4-1)39-27-38-37-19-9-12-22-42(37)50(44(38)43(48-39)31-15-5-2-6-16-31)34-28-46-45(47-29-34)32-23-25-33(26-24-32)49-40-20-10-7-17-35(40)36-18-8-11-21-41(36)49;2*1-3-13-28(14-4-1)36-27-35-34-19-9-12-22-39(34)44(41(35)40(42-36)29-15-5-2-6-16-29)31-25-23-30(24-26-31)43-37-20-10-7-17-32(37)33-18-8-11-21-38(33)43/h1-29H;2*1-27H. The minimum absolute atomic E-state index is 0.677. The molecule has 0 bridgehead atoms. The quantitative estimate of drug-likeness (QED) is 0.115. The molecule has 0 amide bonds. The van der Waals surface area contributed by atoms with Gasteiger partial charge in [-0.2, -0.15) is 0 Å². The molecule has 11 nitrogen and oxygen atoms in total. The van der Waals surface area contributed by atoms with Gasteiger partial charge in [0.15, 0.2) is 5.82 Å². The van der Waals surface area contributed by atoms with Crippen molar-refractivity contribution in [3.8, 4) is 113 Å². The Morgan fingerprint density at radius 1 is 0.138 bits per heavy atom. The maximum absolute atomic E-state index is 5.32. The predicted octanol–water partition coefficient (Wildman–Crippen LogP) is 32.3. The van der Waals surface area contributed by atoms with Crippen LogP contribution in [0.4, 0.5) is 0 Å². The first-order valence-corrected chi connectivity index (χ1v) is 46.8. The van der Waals surface area contributed by atoms with E-state index in [1.807, 2.05) is 24.5 Å². The van der Waals surface area contributed by atoms with Crippen LogP contribution in [-0.4, -0.2) is 52.3 Å². The number of pyridine rings is 3. The van der Waals surface area contributed by atoms with Gasteiger partial charge in [0.2, 0.25) is 0 Å². The van der Waals surface area contributed by atoms with Crippen LogP contribution < -0.4 is 0 Å². The molecule has 11 heteroatoms. The van der Waals surface area contributed by atoms with E-state index in [1.165, 1.54) is 87.0 Å². The zero-order chi connectivity index (χ0) is 91.1. The van der Waals surface area contributed by atoms with Crippen LogP contribution in [0.25, 0.3) is 244 Å². The van der Waals surface area contributed by atoms with Gasteiger partial charge in [-0.05, 0) is 146 Å².